The third-order valence-electron chi connectivity index (χ3n) is 3.50. The summed E-state index contributed by atoms with van der Waals surface area (Å²) in [6.07, 6.45) is 3.57. The van der Waals surface area contributed by atoms with E-state index < -0.39 is 5.97 Å². The van der Waals surface area contributed by atoms with E-state index in [4.69, 9.17) is 5.11 Å². The van der Waals surface area contributed by atoms with Gasteiger partial charge in [0.25, 0.3) is 0 Å². The lowest BCUT2D eigenvalue weighted by atomic mass is 10.3. The first kappa shape index (κ1) is 16.1. The Morgan fingerprint density at radius 3 is 2.71 bits per heavy atom. The van der Waals surface area contributed by atoms with Crippen LogP contribution < -0.4 is 4.90 Å². The molecule has 1 fully saturated rings. The quantitative estimate of drug-likeness (QED) is 0.706. The van der Waals surface area contributed by atoms with Crippen molar-refractivity contribution in [3.8, 4) is 0 Å². The highest BCUT2D eigenvalue weighted by molar-refractivity contribution is 7.99. The van der Waals surface area contributed by atoms with E-state index in [-0.39, 0.29) is 5.75 Å². The number of anilines is 1. The maximum absolute atomic E-state index is 10.8. The first-order chi connectivity index (χ1) is 10.0. The number of thioether (sulfide) groups is 1. The summed E-state index contributed by atoms with van der Waals surface area (Å²) in [5.41, 5.74) is 0. The Bertz CT molecular complexity index is 485. The summed E-state index contributed by atoms with van der Waals surface area (Å²) in [6, 6.07) is 0.364. The highest BCUT2D eigenvalue weighted by Crippen LogP contribution is 2.32. The van der Waals surface area contributed by atoms with Crippen molar-refractivity contribution in [3.05, 3.63) is 0 Å². The summed E-state index contributed by atoms with van der Waals surface area (Å²) in [7, 11) is 0. The zero-order chi connectivity index (χ0) is 15.4. The zero-order valence-corrected chi connectivity index (χ0v) is 13.8. The fourth-order valence-corrected chi connectivity index (χ4v) is 2.93. The zero-order valence-electron chi connectivity index (χ0n) is 12.9. The molecule has 1 aromatic heterocycles. The smallest absolute Gasteiger partial charge is 0.313 e. The van der Waals surface area contributed by atoms with Crippen LogP contribution in [0.2, 0.25) is 0 Å². The van der Waals surface area contributed by atoms with Crippen molar-refractivity contribution < 1.29 is 9.90 Å². The number of hydrogen-bond donors (Lipinski definition) is 1. The van der Waals surface area contributed by atoms with Crippen LogP contribution in [-0.2, 0) is 11.3 Å². The molecule has 1 aromatic rings. The van der Waals surface area contributed by atoms with Gasteiger partial charge in [-0.2, -0.15) is 0 Å². The minimum absolute atomic E-state index is 0.0200. The summed E-state index contributed by atoms with van der Waals surface area (Å²) >= 11 is 1.24. The van der Waals surface area contributed by atoms with Crippen LogP contribution in [0, 0.1) is 5.92 Å². The molecule has 0 bridgehead atoms. The lowest BCUT2D eigenvalue weighted by Crippen LogP contribution is -2.35. The molecule has 0 unspecified atom stereocenters. The van der Waals surface area contributed by atoms with Crippen LogP contribution in [0.5, 0.6) is 0 Å². The molecule has 0 amide bonds. The Hall–Kier alpha value is -1.24. The van der Waals surface area contributed by atoms with Gasteiger partial charge in [0.1, 0.15) is 0 Å². The van der Waals surface area contributed by atoms with E-state index >= 15 is 0 Å². The molecular weight excluding hydrogens is 288 g/mol. The van der Waals surface area contributed by atoms with Crippen molar-refractivity contribution in [3.63, 3.8) is 0 Å². The number of carbonyl (C=O) groups is 1. The minimum atomic E-state index is -0.828. The van der Waals surface area contributed by atoms with Gasteiger partial charge in [-0.25, -0.2) is 0 Å². The fraction of sp³-hybridized carbons (Fsp3) is 0.786. The van der Waals surface area contributed by atoms with Gasteiger partial charge in [-0.05, 0) is 39.0 Å². The molecule has 118 valence electrons. The molecule has 2 rings (SSSR count). The van der Waals surface area contributed by atoms with E-state index in [1.165, 1.54) is 24.6 Å². The van der Waals surface area contributed by atoms with E-state index in [0.717, 1.165) is 31.4 Å². The van der Waals surface area contributed by atoms with Crippen LogP contribution in [0.4, 0.5) is 5.95 Å². The molecule has 0 atom stereocenters. The maximum Gasteiger partial charge on any atom is 0.313 e. The molecule has 0 aliphatic heterocycles. The van der Waals surface area contributed by atoms with Gasteiger partial charge in [-0.3, -0.25) is 9.36 Å². The van der Waals surface area contributed by atoms with Crippen LogP contribution in [0.1, 0.15) is 40.0 Å². The molecular formula is C14H24N4O2S. The second-order valence-electron chi connectivity index (χ2n) is 5.81. The monoisotopic (exact) mass is 312 g/mol. The lowest BCUT2D eigenvalue weighted by molar-refractivity contribution is -0.133. The highest BCUT2D eigenvalue weighted by Gasteiger charge is 2.28. The summed E-state index contributed by atoms with van der Waals surface area (Å²) in [5.74, 6) is 0.846. The maximum atomic E-state index is 10.8. The van der Waals surface area contributed by atoms with E-state index in [0.29, 0.717) is 11.2 Å². The van der Waals surface area contributed by atoms with E-state index in [1.54, 1.807) is 0 Å². The van der Waals surface area contributed by atoms with Gasteiger partial charge in [0.15, 0.2) is 5.16 Å². The molecule has 1 saturated carbocycles. The molecule has 0 saturated heterocycles. The number of carboxylic acids is 1. The Kier molecular flexibility index (Phi) is 5.50. The number of aromatic nitrogens is 3. The van der Waals surface area contributed by atoms with Gasteiger partial charge in [-0.15, -0.1) is 10.2 Å². The standard InChI is InChI=1S/C14H24N4O2S/c1-4-7-17-13(15-16-14(17)21-9-12(19)20)18(10(2)3)8-11-5-6-11/h10-11H,4-9H2,1-3H3,(H,19,20). The Morgan fingerprint density at radius 2 is 2.19 bits per heavy atom. The van der Waals surface area contributed by atoms with E-state index in [1.807, 2.05) is 0 Å². The van der Waals surface area contributed by atoms with Crippen LogP contribution in [0.15, 0.2) is 5.16 Å². The van der Waals surface area contributed by atoms with Gasteiger partial charge >= 0.3 is 5.97 Å². The molecule has 0 aromatic carbocycles. The van der Waals surface area contributed by atoms with Crippen molar-refractivity contribution in [1.29, 1.82) is 0 Å². The Balaban J connectivity index is 2.20. The Morgan fingerprint density at radius 1 is 1.48 bits per heavy atom. The summed E-state index contributed by atoms with van der Waals surface area (Å²) in [5, 5.41) is 18.1. The molecule has 0 radical (unpaired) electrons. The number of carboxylic acid groups (broad SMARTS) is 1. The molecule has 1 N–H and O–H groups in total. The summed E-state index contributed by atoms with van der Waals surface area (Å²) in [4.78, 5) is 13.1. The average Bonchev–Trinajstić information content (AvgIpc) is 3.16. The van der Waals surface area contributed by atoms with Crippen LogP contribution in [0.3, 0.4) is 0 Å². The first-order valence-corrected chi connectivity index (χ1v) is 8.55. The summed E-state index contributed by atoms with van der Waals surface area (Å²) in [6.45, 7) is 8.27. The van der Waals surface area contributed by atoms with Crippen LogP contribution in [-0.4, -0.2) is 44.2 Å². The third-order valence-corrected chi connectivity index (χ3v) is 4.45. The van der Waals surface area contributed by atoms with Crippen molar-refractivity contribution in [2.24, 2.45) is 5.92 Å². The number of nitrogens with zero attached hydrogens (tertiary/aromatic N) is 4. The van der Waals surface area contributed by atoms with Gasteiger partial charge < -0.3 is 10.0 Å². The van der Waals surface area contributed by atoms with Crippen molar-refractivity contribution in [2.45, 2.75) is 57.8 Å². The van der Waals surface area contributed by atoms with Crippen LogP contribution >= 0.6 is 11.8 Å². The van der Waals surface area contributed by atoms with Gasteiger partial charge in [0.05, 0.1) is 5.75 Å². The highest BCUT2D eigenvalue weighted by atomic mass is 32.2. The molecule has 0 spiro atoms. The average molecular weight is 312 g/mol. The third kappa shape index (κ3) is 4.36. The predicted molar refractivity (Wildman–Crippen MR) is 83.9 cm³/mol. The molecule has 6 nitrogen and oxygen atoms in total. The topological polar surface area (TPSA) is 71.2 Å². The second kappa shape index (κ2) is 7.15. The van der Waals surface area contributed by atoms with Crippen LogP contribution in [0.25, 0.3) is 0 Å². The van der Waals surface area contributed by atoms with Gasteiger partial charge in [-0.1, -0.05) is 18.7 Å². The van der Waals surface area contributed by atoms with E-state index in [9.17, 15) is 4.79 Å². The first-order valence-electron chi connectivity index (χ1n) is 7.57. The van der Waals surface area contributed by atoms with Crippen molar-refractivity contribution in [2.75, 3.05) is 17.2 Å². The van der Waals surface area contributed by atoms with Gasteiger partial charge in [0.2, 0.25) is 5.95 Å². The predicted octanol–water partition coefficient (Wildman–Crippen LogP) is 2.49. The van der Waals surface area contributed by atoms with Crippen molar-refractivity contribution >= 4 is 23.7 Å². The molecule has 1 heterocycles. The fourth-order valence-electron chi connectivity index (χ4n) is 2.25. The SMILES string of the molecule is CCCn1c(SCC(=O)O)nnc1N(CC1CC1)C(C)C. The lowest BCUT2D eigenvalue weighted by Gasteiger charge is -2.28. The molecule has 21 heavy (non-hydrogen) atoms. The largest absolute Gasteiger partial charge is 0.481 e. The normalized spacial score (nSPS) is 14.7. The minimum Gasteiger partial charge on any atom is -0.481 e. The number of aliphatic carboxylic acids is 1. The van der Waals surface area contributed by atoms with Crippen molar-refractivity contribution in [1.82, 2.24) is 14.8 Å². The number of hydrogen-bond acceptors (Lipinski definition) is 5. The number of rotatable bonds is 9. The molecule has 1 aliphatic carbocycles. The molecule has 1 aliphatic rings. The summed E-state index contributed by atoms with van der Waals surface area (Å²) < 4.78 is 2.07. The molecule has 7 heteroatoms. The van der Waals surface area contributed by atoms with E-state index in [2.05, 4.69) is 40.4 Å². The second-order valence-corrected chi connectivity index (χ2v) is 6.75. The van der Waals surface area contributed by atoms with Gasteiger partial charge in [0, 0.05) is 19.1 Å². The Labute approximate surface area is 129 Å².